The van der Waals surface area contributed by atoms with E-state index in [9.17, 15) is 4.79 Å². The van der Waals surface area contributed by atoms with Crippen molar-refractivity contribution in [3.05, 3.63) is 35.2 Å². The van der Waals surface area contributed by atoms with E-state index in [4.69, 9.17) is 10.2 Å². The van der Waals surface area contributed by atoms with Gasteiger partial charge in [0.15, 0.2) is 11.5 Å². The van der Waals surface area contributed by atoms with Crippen molar-refractivity contribution < 1.29 is 9.21 Å². The third kappa shape index (κ3) is 1.76. The Hall–Kier alpha value is -2.21. The van der Waals surface area contributed by atoms with Crippen LogP contribution in [0.1, 0.15) is 16.4 Å². The molecule has 0 aliphatic rings. The second kappa shape index (κ2) is 3.92. The molecule has 18 heavy (non-hydrogen) atoms. The summed E-state index contributed by atoms with van der Waals surface area (Å²) in [6.07, 6.45) is 0. The fraction of sp³-hybridized carbons (Fsp3) is 0.0833. The fourth-order valence-corrected chi connectivity index (χ4v) is 2.50. The molecule has 5 nitrogen and oxygen atoms in total. The number of amides is 1. The van der Waals surface area contributed by atoms with Crippen LogP contribution >= 0.6 is 11.3 Å². The number of thiazole rings is 1. The second-order valence-corrected chi connectivity index (χ2v) is 4.68. The summed E-state index contributed by atoms with van der Waals surface area (Å²) in [6.45, 7) is 1.80. The van der Waals surface area contributed by atoms with E-state index in [2.05, 4.69) is 9.97 Å². The van der Waals surface area contributed by atoms with Crippen molar-refractivity contribution in [1.29, 1.82) is 0 Å². The van der Waals surface area contributed by atoms with Crippen LogP contribution in [0.3, 0.4) is 0 Å². The third-order valence-electron chi connectivity index (χ3n) is 2.50. The molecule has 2 heterocycles. The lowest BCUT2D eigenvalue weighted by Crippen LogP contribution is -2.10. The summed E-state index contributed by atoms with van der Waals surface area (Å²) in [5, 5.41) is 2.38. The predicted octanol–water partition coefficient (Wildman–Crippen LogP) is 2.36. The van der Waals surface area contributed by atoms with Crippen molar-refractivity contribution in [2.45, 2.75) is 6.92 Å². The molecule has 0 saturated heterocycles. The van der Waals surface area contributed by atoms with Gasteiger partial charge in [0.25, 0.3) is 5.91 Å². The van der Waals surface area contributed by atoms with Gasteiger partial charge in [-0.25, -0.2) is 9.97 Å². The maximum Gasteiger partial charge on any atom is 0.268 e. The molecular formula is C12H9N3O2S. The number of carbonyl (C=O) groups is 1. The lowest BCUT2D eigenvalue weighted by atomic mass is 10.2. The molecule has 0 aliphatic heterocycles. The number of rotatable bonds is 2. The molecule has 0 spiro atoms. The molecule has 3 aromatic rings. The summed E-state index contributed by atoms with van der Waals surface area (Å²) in [6, 6.07) is 5.62. The van der Waals surface area contributed by atoms with E-state index in [0.29, 0.717) is 11.5 Å². The number of nitrogens with zero attached hydrogens (tertiary/aromatic N) is 2. The van der Waals surface area contributed by atoms with Gasteiger partial charge in [-0.1, -0.05) is 0 Å². The molecule has 3 rings (SSSR count). The largest absolute Gasteiger partial charge is 0.441 e. The van der Waals surface area contributed by atoms with Gasteiger partial charge in [-0.3, -0.25) is 4.79 Å². The van der Waals surface area contributed by atoms with Crippen LogP contribution in [0.2, 0.25) is 0 Å². The van der Waals surface area contributed by atoms with Crippen LogP contribution in [-0.4, -0.2) is 15.9 Å². The Morgan fingerprint density at radius 3 is 2.94 bits per heavy atom. The van der Waals surface area contributed by atoms with Gasteiger partial charge in [-0.05, 0) is 18.2 Å². The molecule has 6 heteroatoms. The highest BCUT2D eigenvalue weighted by Gasteiger charge is 2.10. The normalized spacial score (nSPS) is 10.9. The number of fused-ring (bicyclic) bond motifs is 1. The quantitative estimate of drug-likeness (QED) is 0.765. The van der Waals surface area contributed by atoms with E-state index in [1.165, 1.54) is 11.3 Å². The van der Waals surface area contributed by atoms with Gasteiger partial charge < -0.3 is 10.2 Å². The van der Waals surface area contributed by atoms with Crippen LogP contribution in [0.5, 0.6) is 0 Å². The van der Waals surface area contributed by atoms with Crippen LogP contribution in [0.25, 0.3) is 21.7 Å². The van der Waals surface area contributed by atoms with Crippen molar-refractivity contribution in [3.8, 4) is 10.6 Å². The summed E-state index contributed by atoms with van der Waals surface area (Å²) < 4.78 is 5.46. The number of carbonyl (C=O) groups excluding carboxylic acids is 1. The van der Waals surface area contributed by atoms with Gasteiger partial charge in [0, 0.05) is 17.9 Å². The molecule has 2 N–H and O–H groups in total. The molecule has 90 valence electrons. The topological polar surface area (TPSA) is 82.0 Å². The molecule has 0 saturated carbocycles. The Kier molecular flexibility index (Phi) is 2.38. The lowest BCUT2D eigenvalue weighted by Gasteiger charge is -1.94. The van der Waals surface area contributed by atoms with Crippen LogP contribution in [0, 0.1) is 6.92 Å². The SMILES string of the molecule is Cc1nc2ccc(-c3nc(C(N)=O)cs3)cc2o1. The van der Waals surface area contributed by atoms with Crippen LogP contribution in [-0.2, 0) is 0 Å². The Morgan fingerprint density at radius 2 is 2.22 bits per heavy atom. The Labute approximate surface area is 106 Å². The molecule has 0 fully saturated rings. The van der Waals surface area contributed by atoms with Crippen molar-refractivity contribution in [2.75, 3.05) is 0 Å². The van der Waals surface area contributed by atoms with Gasteiger partial charge in [-0.2, -0.15) is 0 Å². The molecule has 1 aromatic carbocycles. The van der Waals surface area contributed by atoms with Crippen LogP contribution in [0.4, 0.5) is 0 Å². The summed E-state index contributed by atoms with van der Waals surface area (Å²) in [7, 11) is 0. The molecule has 0 unspecified atom stereocenters. The molecule has 1 amide bonds. The standard InChI is InChI=1S/C12H9N3O2S/c1-6-14-8-3-2-7(4-10(8)17-6)12-15-9(5-18-12)11(13)16/h2-5H,1H3,(H2,13,16). The molecule has 0 radical (unpaired) electrons. The summed E-state index contributed by atoms with van der Waals surface area (Å²) in [5.74, 6) is 0.105. The van der Waals surface area contributed by atoms with E-state index in [1.54, 1.807) is 12.3 Å². The Morgan fingerprint density at radius 1 is 1.39 bits per heavy atom. The number of oxazole rings is 1. The van der Waals surface area contributed by atoms with Gasteiger partial charge in [0.2, 0.25) is 0 Å². The highest BCUT2D eigenvalue weighted by atomic mass is 32.1. The number of aromatic nitrogens is 2. The average Bonchev–Trinajstić information content (AvgIpc) is 2.91. The Balaban J connectivity index is 2.09. The van der Waals surface area contributed by atoms with E-state index in [0.717, 1.165) is 16.1 Å². The predicted molar refractivity (Wildman–Crippen MR) is 68.4 cm³/mol. The lowest BCUT2D eigenvalue weighted by molar-refractivity contribution is 0.0996. The van der Waals surface area contributed by atoms with Crippen molar-refractivity contribution in [2.24, 2.45) is 5.73 Å². The van der Waals surface area contributed by atoms with Crippen molar-refractivity contribution in [1.82, 2.24) is 9.97 Å². The highest BCUT2D eigenvalue weighted by Crippen LogP contribution is 2.27. The van der Waals surface area contributed by atoms with E-state index in [-0.39, 0.29) is 5.69 Å². The van der Waals surface area contributed by atoms with Crippen molar-refractivity contribution >= 4 is 28.3 Å². The molecule has 0 atom stereocenters. The maximum absolute atomic E-state index is 11.0. The van der Waals surface area contributed by atoms with E-state index in [1.807, 2.05) is 18.2 Å². The zero-order valence-corrected chi connectivity index (χ0v) is 10.3. The number of benzene rings is 1. The number of aryl methyl sites for hydroxylation is 1. The Bertz CT molecular complexity index is 745. The average molecular weight is 259 g/mol. The number of nitrogens with two attached hydrogens (primary N) is 1. The first-order chi connectivity index (χ1) is 8.63. The van der Waals surface area contributed by atoms with E-state index < -0.39 is 5.91 Å². The minimum absolute atomic E-state index is 0.281. The zero-order chi connectivity index (χ0) is 12.7. The highest BCUT2D eigenvalue weighted by molar-refractivity contribution is 7.13. The van der Waals surface area contributed by atoms with Gasteiger partial charge >= 0.3 is 0 Å². The minimum Gasteiger partial charge on any atom is -0.441 e. The molecule has 0 bridgehead atoms. The number of primary amides is 1. The zero-order valence-electron chi connectivity index (χ0n) is 9.51. The summed E-state index contributed by atoms with van der Waals surface area (Å²) in [4.78, 5) is 19.4. The minimum atomic E-state index is -0.519. The van der Waals surface area contributed by atoms with Gasteiger partial charge in [-0.15, -0.1) is 11.3 Å². The van der Waals surface area contributed by atoms with Crippen LogP contribution < -0.4 is 5.73 Å². The van der Waals surface area contributed by atoms with Crippen molar-refractivity contribution in [3.63, 3.8) is 0 Å². The summed E-state index contributed by atoms with van der Waals surface area (Å²) >= 11 is 1.37. The van der Waals surface area contributed by atoms with Gasteiger partial charge in [0.1, 0.15) is 16.2 Å². The number of hydrogen-bond donors (Lipinski definition) is 1. The summed E-state index contributed by atoms with van der Waals surface area (Å²) in [5.41, 5.74) is 7.86. The molecule has 0 aliphatic carbocycles. The van der Waals surface area contributed by atoms with Gasteiger partial charge in [0.05, 0.1) is 0 Å². The first kappa shape index (κ1) is 10.9. The first-order valence-electron chi connectivity index (χ1n) is 5.26. The molecule has 2 aromatic heterocycles. The molecular weight excluding hydrogens is 250 g/mol. The van der Waals surface area contributed by atoms with Crippen LogP contribution in [0.15, 0.2) is 28.0 Å². The first-order valence-corrected chi connectivity index (χ1v) is 6.14. The number of hydrogen-bond acceptors (Lipinski definition) is 5. The third-order valence-corrected chi connectivity index (χ3v) is 3.39. The second-order valence-electron chi connectivity index (χ2n) is 3.82. The maximum atomic E-state index is 11.0. The monoisotopic (exact) mass is 259 g/mol. The fourth-order valence-electron chi connectivity index (χ4n) is 1.69. The van der Waals surface area contributed by atoms with E-state index >= 15 is 0 Å². The smallest absolute Gasteiger partial charge is 0.268 e.